The summed E-state index contributed by atoms with van der Waals surface area (Å²) >= 11 is 1.55. The molecule has 1 atom stereocenters. The zero-order valence-corrected chi connectivity index (χ0v) is 19.1. The summed E-state index contributed by atoms with van der Waals surface area (Å²) in [5, 5.41) is 15.7. The van der Waals surface area contributed by atoms with Crippen LogP contribution in [-0.4, -0.2) is 48.8 Å². The van der Waals surface area contributed by atoms with Gasteiger partial charge in [0.05, 0.1) is 6.61 Å². The van der Waals surface area contributed by atoms with Gasteiger partial charge in [0.1, 0.15) is 5.75 Å². The molecule has 0 bridgehead atoms. The van der Waals surface area contributed by atoms with E-state index in [-0.39, 0.29) is 12.5 Å². The summed E-state index contributed by atoms with van der Waals surface area (Å²) in [6.07, 6.45) is 2.80. The molecule has 0 aliphatic carbocycles. The lowest BCUT2D eigenvalue weighted by Crippen LogP contribution is -2.52. The van der Waals surface area contributed by atoms with Crippen LogP contribution >= 0.6 is 11.3 Å². The number of rotatable bonds is 11. The van der Waals surface area contributed by atoms with Gasteiger partial charge in [-0.1, -0.05) is 6.07 Å². The summed E-state index contributed by atoms with van der Waals surface area (Å²) in [6, 6.07) is 6.51. The van der Waals surface area contributed by atoms with Gasteiger partial charge in [-0.05, 0) is 74.2 Å². The number of hydrogen-bond acceptors (Lipinski definition) is 5. The van der Waals surface area contributed by atoms with Crippen molar-refractivity contribution in [3.63, 3.8) is 0 Å². The molecule has 1 aliphatic rings. The van der Waals surface area contributed by atoms with Crippen LogP contribution in [0.3, 0.4) is 0 Å². The van der Waals surface area contributed by atoms with Crippen LogP contribution in [0.15, 0.2) is 29.0 Å². The van der Waals surface area contributed by atoms with Crippen LogP contribution in [0.2, 0.25) is 0 Å². The van der Waals surface area contributed by atoms with Crippen molar-refractivity contribution in [1.29, 1.82) is 0 Å². The minimum atomic E-state index is 0.0289. The molecule has 1 aromatic heterocycles. The number of carbonyl (C=O) groups is 1. The van der Waals surface area contributed by atoms with E-state index in [2.05, 4.69) is 43.1 Å². The molecule has 0 radical (unpaired) electrons. The monoisotopic (exact) mass is 430 g/mol. The average molecular weight is 431 g/mol. The molecule has 1 aliphatic heterocycles. The van der Waals surface area contributed by atoms with Gasteiger partial charge in [0.15, 0.2) is 0 Å². The van der Waals surface area contributed by atoms with E-state index in [1.807, 2.05) is 16.8 Å². The second-order valence-electron chi connectivity index (χ2n) is 8.25. The quantitative estimate of drug-likeness (QED) is 0.521. The number of likely N-dealkylation sites (tertiary alicyclic amines) is 1. The minimum Gasteiger partial charge on any atom is -0.493 e. The topological polar surface area (TPSA) is 61.8 Å². The number of nitrogens with zero attached hydrogens (tertiary/aromatic N) is 1. The van der Waals surface area contributed by atoms with Crippen molar-refractivity contribution in [3.8, 4) is 5.75 Å². The molecule has 2 N–H and O–H groups in total. The van der Waals surface area contributed by atoms with E-state index in [0.29, 0.717) is 18.6 Å². The van der Waals surface area contributed by atoms with Crippen molar-refractivity contribution in [1.82, 2.24) is 10.2 Å². The Morgan fingerprint density at radius 3 is 2.73 bits per heavy atom. The number of aliphatic hydroxyl groups is 1. The molecular weight excluding hydrogens is 396 g/mol. The summed E-state index contributed by atoms with van der Waals surface area (Å²) in [4.78, 5) is 14.6. The average Bonchev–Trinajstić information content (AvgIpc) is 3.24. The highest BCUT2D eigenvalue weighted by molar-refractivity contribution is 7.08. The van der Waals surface area contributed by atoms with Gasteiger partial charge in [-0.3, -0.25) is 9.69 Å². The first-order valence-electron chi connectivity index (χ1n) is 10.9. The van der Waals surface area contributed by atoms with Gasteiger partial charge in [0.25, 0.3) is 5.91 Å². The van der Waals surface area contributed by atoms with E-state index in [9.17, 15) is 4.79 Å². The van der Waals surface area contributed by atoms with Gasteiger partial charge >= 0.3 is 0 Å². The number of hydrogen-bond donors (Lipinski definition) is 2. The summed E-state index contributed by atoms with van der Waals surface area (Å²) < 4.78 is 5.97. The Hall–Kier alpha value is -1.89. The summed E-state index contributed by atoms with van der Waals surface area (Å²) in [6.45, 7) is 10.3. The second-order valence-corrected chi connectivity index (χ2v) is 9.03. The highest BCUT2D eigenvalue weighted by Crippen LogP contribution is 2.34. The third-order valence-electron chi connectivity index (χ3n) is 6.16. The Kier molecular flexibility index (Phi) is 8.31. The molecule has 164 valence electrons. The first-order valence-corrected chi connectivity index (χ1v) is 11.8. The molecule has 1 aromatic carbocycles. The molecule has 30 heavy (non-hydrogen) atoms. The Balaban J connectivity index is 1.47. The molecule has 1 saturated heterocycles. The van der Waals surface area contributed by atoms with Crippen LogP contribution in [0.1, 0.15) is 59.3 Å². The van der Waals surface area contributed by atoms with Crippen LogP contribution in [0, 0.1) is 19.8 Å². The number of benzene rings is 1. The van der Waals surface area contributed by atoms with E-state index < -0.39 is 0 Å². The third kappa shape index (κ3) is 5.62. The van der Waals surface area contributed by atoms with Gasteiger partial charge < -0.3 is 15.2 Å². The molecule has 0 saturated carbocycles. The number of aliphatic hydroxyl groups excluding tert-OH is 1. The summed E-state index contributed by atoms with van der Waals surface area (Å²) in [5.74, 6) is 1.50. The molecule has 3 rings (SSSR count). The molecule has 5 nitrogen and oxygen atoms in total. The standard InChI is InChI=1S/C24H34N2O3S/c1-17-18(2)23(29-11-6-4-5-10-27)8-7-22(17)19(3)26-14-20(15-26)13-25-24(28)21-9-12-30-16-21/h7-9,12,16,19-20,27H,4-6,10-11,13-15H2,1-3H3,(H,25,28). The lowest BCUT2D eigenvalue weighted by molar-refractivity contribution is 0.0569. The fraction of sp³-hybridized carbons (Fsp3) is 0.542. The fourth-order valence-corrected chi connectivity index (χ4v) is 4.62. The van der Waals surface area contributed by atoms with Gasteiger partial charge in [-0.2, -0.15) is 11.3 Å². The fourth-order valence-electron chi connectivity index (χ4n) is 3.98. The predicted octanol–water partition coefficient (Wildman–Crippen LogP) is 4.33. The molecule has 6 heteroatoms. The van der Waals surface area contributed by atoms with Crippen molar-refractivity contribution in [2.75, 3.05) is 32.8 Å². The maximum Gasteiger partial charge on any atom is 0.252 e. The largest absolute Gasteiger partial charge is 0.493 e. The number of unbranched alkanes of at least 4 members (excludes halogenated alkanes) is 2. The van der Waals surface area contributed by atoms with Gasteiger partial charge in [-0.15, -0.1) is 0 Å². The van der Waals surface area contributed by atoms with Crippen molar-refractivity contribution in [3.05, 3.63) is 51.2 Å². The molecule has 1 amide bonds. The van der Waals surface area contributed by atoms with E-state index in [4.69, 9.17) is 9.84 Å². The van der Waals surface area contributed by atoms with Crippen molar-refractivity contribution < 1.29 is 14.6 Å². The maximum atomic E-state index is 12.1. The van der Waals surface area contributed by atoms with Gasteiger partial charge in [0, 0.05) is 49.1 Å². The smallest absolute Gasteiger partial charge is 0.252 e. The van der Waals surface area contributed by atoms with E-state index in [1.54, 1.807) is 11.3 Å². The molecular formula is C24H34N2O3S. The first kappa shape index (κ1) is 22.8. The van der Waals surface area contributed by atoms with E-state index in [1.165, 1.54) is 16.7 Å². The number of amides is 1. The molecule has 1 fully saturated rings. The normalized spacial score (nSPS) is 15.6. The zero-order valence-electron chi connectivity index (χ0n) is 18.3. The van der Waals surface area contributed by atoms with Crippen molar-refractivity contribution in [2.24, 2.45) is 5.92 Å². The minimum absolute atomic E-state index is 0.0289. The lowest BCUT2D eigenvalue weighted by Gasteiger charge is -2.44. The molecule has 0 spiro atoms. The second kappa shape index (κ2) is 10.9. The summed E-state index contributed by atoms with van der Waals surface area (Å²) in [7, 11) is 0. The first-order chi connectivity index (χ1) is 14.5. The Labute approximate surface area is 184 Å². The van der Waals surface area contributed by atoms with Crippen LogP contribution < -0.4 is 10.1 Å². The number of ether oxygens (including phenoxy) is 1. The maximum absolute atomic E-state index is 12.1. The molecule has 2 heterocycles. The van der Waals surface area contributed by atoms with Gasteiger partial charge in [0.2, 0.25) is 0 Å². The zero-order chi connectivity index (χ0) is 21.5. The van der Waals surface area contributed by atoms with Crippen LogP contribution in [0.25, 0.3) is 0 Å². The SMILES string of the molecule is Cc1c(OCCCCCO)ccc(C(C)N2CC(CNC(=O)c3ccsc3)C2)c1C. The Morgan fingerprint density at radius 1 is 1.23 bits per heavy atom. The number of nitrogens with one attached hydrogen (secondary N) is 1. The van der Waals surface area contributed by atoms with E-state index in [0.717, 1.165) is 50.2 Å². The highest BCUT2D eigenvalue weighted by Gasteiger charge is 2.32. The van der Waals surface area contributed by atoms with Gasteiger partial charge in [-0.25, -0.2) is 0 Å². The number of thiophene rings is 1. The lowest BCUT2D eigenvalue weighted by atomic mass is 9.91. The van der Waals surface area contributed by atoms with E-state index >= 15 is 0 Å². The Bertz CT molecular complexity index is 816. The van der Waals surface area contributed by atoms with Crippen molar-refractivity contribution >= 4 is 17.2 Å². The van der Waals surface area contributed by atoms with Crippen molar-refractivity contribution in [2.45, 2.75) is 46.1 Å². The molecule has 2 aromatic rings. The summed E-state index contributed by atoms with van der Waals surface area (Å²) in [5.41, 5.74) is 4.61. The molecule has 1 unspecified atom stereocenters. The van der Waals surface area contributed by atoms with Crippen LogP contribution in [0.5, 0.6) is 5.75 Å². The van der Waals surface area contributed by atoms with Crippen LogP contribution in [-0.2, 0) is 0 Å². The van der Waals surface area contributed by atoms with Crippen LogP contribution in [0.4, 0.5) is 0 Å². The Morgan fingerprint density at radius 2 is 2.03 bits per heavy atom. The number of carbonyl (C=O) groups excluding carboxylic acids is 1. The highest BCUT2D eigenvalue weighted by atomic mass is 32.1. The predicted molar refractivity (Wildman–Crippen MR) is 122 cm³/mol. The third-order valence-corrected chi connectivity index (χ3v) is 6.84.